The van der Waals surface area contributed by atoms with E-state index in [-0.39, 0.29) is 18.3 Å². The Morgan fingerprint density at radius 2 is 1.70 bits per heavy atom. The van der Waals surface area contributed by atoms with E-state index in [1.54, 1.807) is 38.1 Å². The van der Waals surface area contributed by atoms with Gasteiger partial charge in [0, 0.05) is 18.0 Å². The molecule has 0 aliphatic carbocycles. The number of anilines is 1. The minimum atomic E-state index is -0.761. The SMILES string of the molecule is CC(=O)Nc1cccc(C(=O)OCC(C)(C)C(=O)C(C)(C)C)c1. The Labute approximate surface area is 137 Å². The molecule has 23 heavy (non-hydrogen) atoms. The van der Waals surface area contributed by atoms with Gasteiger partial charge in [-0.1, -0.05) is 26.8 Å². The number of ether oxygens (including phenoxy) is 1. The summed E-state index contributed by atoms with van der Waals surface area (Å²) in [5.74, 6) is -0.704. The second-order valence-corrected chi connectivity index (χ2v) is 7.30. The van der Waals surface area contributed by atoms with Crippen LogP contribution < -0.4 is 5.32 Å². The minimum absolute atomic E-state index is 0.00625. The molecule has 0 saturated heterocycles. The summed E-state index contributed by atoms with van der Waals surface area (Å²) in [6.45, 7) is 10.5. The van der Waals surface area contributed by atoms with Gasteiger partial charge in [-0.15, -0.1) is 0 Å². The summed E-state index contributed by atoms with van der Waals surface area (Å²) in [6.07, 6.45) is 0. The fraction of sp³-hybridized carbons (Fsp3) is 0.500. The van der Waals surface area contributed by atoms with Gasteiger partial charge in [-0.3, -0.25) is 9.59 Å². The monoisotopic (exact) mass is 319 g/mol. The molecule has 0 spiro atoms. The highest BCUT2D eigenvalue weighted by molar-refractivity contribution is 5.94. The molecule has 1 aromatic rings. The number of benzene rings is 1. The van der Waals surface area contributed by atoms with E-state index in [9.17, 15) is 14.4 Å². The Hall–Kier alpha value is -2.17. The highest BCUT2D eigenvalue weighted by Crippen LogP contribution is 2.29. The quantitative estimate of drug-likeness (QED) is 0.844. The predicted molar refractivity (Wildman–Crippen MR) is 89.3 cm³/mol. The second-order valence-electron chi connectivity index (χ2n) is 7.30. The Bertz CT molecular complexity index is 612. The molecule has 0 aliphatic rings. The second kappa shape index (κ2) is 6.94. The van der Waals surface area contributed by atoms with Crippen LogP contribution in [0.1, 0.15) is 51.9 Å². The van der Waals surface area contributed by atoms with Crippen LogP contribution in [0, 0.1) is 10.8 Å². The van der Waals surface area contributed by atoms with Gasteiger partial charge in [0.2, 0.25) is 5.91 Å². The van der Waals surface area contributed by atoms with Crippen LogP contribution in [0.5, 0.6) is 0 Å². The molecule has 0 fully saturated rings. The number of Topliss-reactive ketones (excluding diaryl/α,β-unsaturated/α-hetero) is 1. The third-order valence-electron chi connectivity index (χ3n) is 3.28. The topological polar surface area (TPSA) is 72.5 Å². The van der Waals surface area contributed by atoms with Crippen LogP contribution in [0.15, 0.2) is 24.3 Å². The number of nitrogens with one attached hydrogen (secondary N) is 1. The molecule has 0 saturated carbocycles. The number of carbonyl (C=O) groups excluding carboxylic acids is 3. The predicted octanol–water partition coefficient (Wildman–Crippen LogP) is 3.44. The van der Waals surface area contributed by atoms with Crippen LogP contribution in [-0.2, 0) is 14.3 Å². The van der Waals surface area contributed by atoms with Crippen molar-refractivity contribution in [1.29, 1.82) is 0 Å². The van der Waals surface area contributed by atoms with Gasteiger partial charge >= 0.3 is 5.97 Å². The van der Waals surface area contributed by atoms with E-state index in [2.05, 4.69) is 5.32 Å². The zero-order valence-corrected chi connectivity index (χ0v) is 14.6. The molecular weight excluding hydrogens is 294 g/mol. The van der Waals surface area contributed by atoms with Crippen LogP contribution >= 0.6 is 0 Å². The van der Waals surface area contributed by atoms with Crippen molar-refractivity contribution in [2.24, 2.45) is 10.8 Å². The maximum absolute atomic E-state index is 12.4. The molecule has 0 heterocycles. The van der Waals surface area contributed by atoms with E-state index in [1.165, 1.54) is 6.92 Å². The first kappa shape index (κ1) is 18.9. The highest BCUT2D eigenvalue weighted by Gasteiger charge is 2.37. The molecule has 0 aliphatic heterocycles. The number of hydrogen-bond acceptors (Lipinski definition) is 4. The van der Waals surface area contributed by atoms with Gasteiger partial charge in [0.1, 0.15) is 12.4 Å². The molecule has 0 atom stereocenters. The maximum atomic E-state index is 12.4. The van der Waals surface area contributed by atoms with Crippen molar-refractivity contribution in [3.63, 3.8) is 0 Å². The van der Waals surface area contributed by atoms with Gasteiger partial charge in [0.15, 0.2) is 0 Å². The summed E-state index contributed by atoms with van der Waals surface area (Å²) < 4.78 is 5.30. The van der Waals surface area contributed by atoms with E-state index < -0.39 is 16.8 Å². The molecule has 5 nitrogen and oxygen atoms in total. The average Bonchev–Trinajstić information content (AvgIpc) is 2.42. The first-order chi connectivity index (χ1) is 10.4. The Kier molecular flexibility index (Phi) is 5.70. The average molecular weight is 319 g/mol. The summed E-state index contributed by atoms with van der Waals surface area (Å²) >= 11 is 0. The van der Waals surface area contributed by atoms with Crippen LogP contribution in [0.2, 0.25) is 0 Å². The van der Waals surface area contributed by atoms with Crippen molar-refractivity contribution in [3.8, 4) is 0 Å². The van der Waals surface area contributed by atoms with Gasteiger partial charge in [-0.05, 0) is 32.0 Å². The highest BCUT2D eigenvalue weighted by atomic mass is 16.5. The van der Waals surface area contributed by atoms with Gasteiger partial charge in [-0.2, -0.15) is 0 Å². The molecule has 126 valence electrons. The lowest BCUT2D eigenvalue weighted by Gasteiger charge is -2.30. The molecule has 1 amide bonds. The van der Waals surface area contributed by atoms with E-state index in [0.29, 0.717) is 11.3 Å². The summed E-state index contributed by atoms with van der Waals surface area (Å²) in [4.78, 5) is 35.6. The number of ketones is 1. The molecule has 5 heteroatoms. The summed E-state index contributed by atoms with van der Waals surface area (Å²) in [5.41, 5.74) is -0.406. The van der Waals surface area contributed by atoms with E-state index >= 15 is 0 Å². The summed E-state index contributed by atoms with van der Waals surface area (Å²) in [6, 6.07) is 6.49. The molecule has 1 aromatic carbocycles. The molecule has 1 N–H and O–H groups in total. The number of carbonyl (C=O) groups is 3. The Morgan fingerprint density at radius 1 is 1.09 bits per heavy atom. The van der Waals surface area contributed by atoms with Crippen molar-refractivity contribution in [3.05, 3.63) is 29.8 Å². The smallest absolute Gasteiger partial charge is 0.338 e. The van der Waals surface area contributed by atoms with Gasteiger partial charge in [0.05, 0.1) is 11.0 Å². The Balaban J connectivity index is 2.77. The zero-order valence-electron chi connectivity index (χ0n) is 14.6. The summed E-state index contributed by atoms with van der Waals surface area (Å²) in [5, 5.41) is 2.61. The lowest BCUT2D eigenvalue weighted by Crippen LogP contribution is -2.38. The fourth-order valence-corrected chi connectivity index (χ4v) is 2.34. The van der Waals surface area contributed by atoms with Crippen LogP contribution in [-0.4, -0.2) is 24.3 Å². The normalized spacial score (nSPS) is 11.7. The van der Waals surface area contributed by atoms with Crippen molar-refractivity contribution in [2.45, 2.75) is 41.5 Å². The van der Waals surface area contributed by atoms with Crippen LogP contribution in [0.3, 0.4) is 0 Å². The van der Waals surface area contributed by atoms with E-state index in [0.717, 1.165) is 0 Å². The first-order valence-electron chi connectivity index (χ1n) is 7.53. The van der Waals surface area contributed by atoms with Crippen molar-refractivity contribution < 1.29 is 19.1 Å². The maximum Gasteiger partial charge on any atom is 0.338 e. The third kappa shape index (κ3) is 5.51. The van der Waals surface area contributed by atoms with E-state index in [1.807, 2.05) is 20.8 Å². The molecule has 1 rings (SSSR count). The fourth-order valence-electron chi connectivity index (χ4n) is 2.34. The van der Waals surface area contributed by atoms with Gasteiger partial charge in [0.25, 0.3) is 0 Å². The van der Waals surface area contributed by atoms with Crippen molar-refractivity contribution in [2.75, 3.05) is 11.9 Å². The zero-order chi connectivity index (χ0) is 17.8. The van der Waals surface area contributed by atoms with Gasteiger partial charge < -0.3 is 10.1 Å². The van der Waals surface area contributed by atoms with Crippen molar-refractivity contribution >= 4 is 23.3 Å². The largest absolute Gasteiger partial charge is 0.461 e. The number of hydrogen-bond donors (Lipinski definition) is 1. The molecular formula is C18H25NO4. The number of amides is 1. The molecule has 0 bridgehead atoms. The molecule has 0 radical (unpaired) electrons. The lowest BCUT2D eigenvalue weighted by atomic mass is 9.75. The Morgan fingerprint density at radius 3 is 2.22 bits per heavy atom. The number of esters is 1. The summed E-state index contributed by atoms with van der Waals surface area (Å²) in [7, 11) is 0. The standard InChI is InChI=1S/C18H25NO4/c1-12(20)19-14-9-7-8-13(10-14)15(21)23-11-18(5,6)16(22)17(2,3)4/h7-10H,11H2,1-6H3,(H,19,20). The lowest BCUT2D eigenvalue weighted by molar-refractivity contribution is -0.137. The minimum Gasteiger partial charge on any atom is -0.461 e. The van der Waals surface area contributed by atoms with Crippen LogP contribution in [0.4, 0.5) is 5.69 Å². The van der Waals surface area contributed by atoms with E-state index in [4.69, 9.17) is 4.74 Å². The van der Waals surface area contributed by atoms with Gasteiger partial charge in [-0.25, -0.2) is 4.79 Å². The van der Waals surface area contributed by atoms with Crippen LogP contribution in [0.25, 0.3) is 0 Å². The third-order valence-corrected chi connectivity index (χ3v) is 3.28. The molecule has 0 unspecified atom stereocenters. The first-order valence-corrected chi connectivity index (χ1v) is 7.53. The molecule has 0 aromatic heterocycles. The number of rotatable bonds is 5. The van der Waals surface area contributed by atoms with Crippen molar-refractivity contribution in [1.82, 2.24) is 0 Å².